The van der Waals surface area contributed by atoms with Crippen molar-refractivity contribution in [2.75, 3.05) is 11.5 Å². The zero-order valence-corrected chi connectivity index (χ0v) is 13.6. The summed E-state index contributed by atoms with van der Waals surface area (Å²) in [6, 6.07) is 9.29. The second kappa shape index (κ2) is 6.41. The molecule has 1 aliphatic heterocycles. The first-order chi connectivity index (χ1) is 10.6. The number of carbonyl (C=O) groups is 1. The van der Waals surface area contributed by atoms with Gasteiger partial charge in [-0.15, -0.1) is 0 Å². The highest BCUT2D eigenvalue weighted by Crippen LogP contribution is 2.29. The van der Waals surface area contributed by atoms with E-state index in [1.165, 1.54) is 6.42 Å². The van der Waals surface area contributed by atoms with E-state index in [-0.39, 0.29) is 29.5 Å². The molecule has 22 heavy (non-hydrogen) atoms. The van der Waals surface area contributed by atoms with Crippen molar-refractivity contribution < 1.29 is 13.2 Å². The van der Waals surface area contributed by atoms with Crippen LogP contribution in [0.3, 0.4) is 0 Å². The minimum atomic E-state index is -2.99. The molecular formula is C17H23NO3S. The zero-order chi connectivity index (χ0) is 15.6. The van der Waals surface area contributed by atoms with Crippen LogP contribution in [0.4, 0.5) is 0 Å². The van der Waals surface area contributed by atoms with E-state index in [4.69, 9.17) is 0 Å². The van der Waals surface area contributed by atoms with Crippen LogP contribution in [0.1, 0.15) is 48.9 Å². The maximum atomic E-state index is 13.0. The van der Waals surface area contributed by atoms with Gasteiger partial charge in [0.1, 0.15) is 0 Å². The normalized spacial score (nSPS) is 25.0. The second-order valence-corrected chi connectivity index (χ2v) is 8.66. The van der Waals surface area contributed by atoms with Crippen molar-refractivity contribution in [2.45, 2.75) is 50.6 Å². The van der Waals surface area contributed by atoms with Gasteiger partial charge in [0, 0.05) is 17.6 Å². The Morgan fingerprint density at radius 2 is 1.64 bits per heavy atom. The summed E-state index contributed by atoms with van der Waals surface area (Å²) in [4.78, 5) is 14.9. The molecular weight excluding hydrogens is 298 g/mol. The summed E-state index contributed by atoms with van der Waals surface area (Å²) in [5.41, 5.74) is 0.664. The lowest BCUT2D eigenvalue weighted by Crippen LogP contribution is -2.48. The molecule has 3 rings (SSSR count). The standard InChI is InChI=1S/C17H23NO3S/c19-17(14-7-3-1-4-8-14)18(15-9-5-2-6-10-15)16-11-12-22(20,21)13-16/h1,3-4,7-8,15-16H,2,5-6,9-13H2. The number of sulfone groups is 1. The Morgan fingerprint density at radius 3 is 2.23 bits per heavy atom. The Bertz CT molecular complexity index is 621. The molecule has 0 spiro atoms. The molecule has 1 aromatic carbocycles. The Balaban J connectivity index is 1.87. The molecule has 0 radical (unpaired) electrons. The molecule has 0 aromatic heterocycles. The molecule has 1 heterocycles. The summed E-state index contributed by atoms with van der Waals surface area (Å²) in [6.45, 7) is 0. The van der Waals surface area contributed by atoms with E-state index in [0.717, 1.165) is 25.7 Å². The SMILES string of the molecule is O=C(c1ccccc1)N(C1CCCCC1)C1CCS(=O)(=O)C1. The van der Waals surface area contributed by atoms with E-state index in [9.17, 15) is 13.2 Å². The van der Waals surface area contributed by atoms with Crippen molar-refractivity contribution in [1.82, 2.24) is 4.90 Å². The lowest BCUT2D eigenvalue weighted by molar-refractivity contribution is 0.0542. The van der Waals surface area contributed by atoms with E-state index < -0.39 is 9.84 Å². The first-order valence-electron chi connectivity index (χ1n) is 8.15. The fourth-order valence-electron chi connectivity index (χ4n) is 3.71. The predicted octanol–water partition coefficient (Wildman–Crippen LogP) is 2.65. The molecule has 2 fully saturated rings. The van der Waals surface area contributed by atoms with E-state index in [1.54, 1.807) is 0 Å². The van der Waals surface area contributed by atoms with Gasteiger partial charge in [-0.3, -0.25) is 4.79 Å². The fourth-order valence-corrected chi connectivity index (χ4v) is 5.42. The first-order valence-corrected chi connectivity index (χ1v) is 9.97. The predicted molar refractivity (Wildman–Crippen MR) is 86.5 cm³/mol. The van der Waals surface area contributed by atoms with Gasteiger partial charge in [-0.2, -0.15) is 0 Å². The van der Waals surface area contributed by atoms with Crippen LogP contribution >= 0.6 is 0 Å². The number of nitrogens with zero attached hydrogens (tertiary/aromatic N) is 1. The Labute approximate surface area is 132 Å². The topological polar surface area (TPSA) is 54.5 Å². The van der Waals surface area contributed by atoms with Gasteiger partial charge in [0.15, 0.2) is 9.84 Å². The van der Waals surface area contributed by atoms with Crippen LogP contribution in [0.5, 0.6) is 0 Å². The highest BCUT2D eigenvalue weighted by Gasteiger charge is 2.38. The molecule has 0 N–H and O–H groups in total. The maximum Gasteiger partial charge on any atom is 0.254 e. The smallest absolute Gasteiger partial charge is 0.254 e. The van der Waals surface area contributed by atoms with Crippen molar-refractivity contribution in [3.05, 3.63) is 35.9 Å². The van der Waals surface area contributed by atoms with Crippen LogP contribution in [-0.2, 0) is 9.84 Å². The molecule has 0 bridgehead atoms. The molecule has 1 aromatic rings. The summed E-state index contributed by atoms with van der Waals surface area (Å²) in [5.74, 6) is 0.333. The van der Waals surface area contributed by atoms with Crippen molar-refractivity contribution in [1.29, 1.82) is 0 Å². The van der Waals surface area contributed by atoms with Crippen LogP contribution in [0.15, 0.2) is 30.3 Å². The van der Waals surface area contributed by atoms with Crippen molar-refractivity contribution in [3.63, 3.8) is 0 Å². The maximum absolute atomic E-state index is 13.0. The Hall–Kier alpha value is -1.36. The third-order valence-corrected chi connectivity index (χ3v) is 6.58. The average molecular weight is 321 g/mol. The molecule has 1 amide bonds. The van der Waals surface area contributed by atoms with Gasteiger partial charge in [0.25, 0.3) is 5.91 Å². The third-order valence-electron chi connectivity index (χ3n) is 4.83. The monoisotopic (exact) mass is 321 g/mol. The summed E-state index contributed by atoms with van der Waals surface area (Å²) in [7, 11) is -2.99. The first kappa shape index (κ1) is 15.5. The summed E-state index contributed by atoms with van der Waals surface area (Å²) in [6.07, 6.45) is 6.04. The molecule has 2 aliphatic rings. The van der Waals surface area contributed by atoms with Gasteiger partial charge in [-0.25, -0.2) is 8.42 Å². The molecule has 1 saturated carbocycles. The number of amides is 1. The quantitative estimate of drug-likeness (QED) is 0.860. The van der Waals surface area contributed by atoms with Crippen LogP contribution in [-0.4, -0.2) is 42.8 Å². The largest absolute Gasteiger partial charge is 0.332 e. The van der Waals surface area contributed by atoms with Crippen molar-refractivity contribution >= 4 is 15.7 Å². The van der Waals surface area contributed by atoms with Crippen molar-refractivity contribution in [3.8, 4) is 0 Å². The van der Waals surface area contributed by atoms with E-state index >= 15 is 0 Å². The van der Waals surface area contributed by atoms with Gasteiger partial charge >= 0.3 is 0 Å². The van der Waals surface area contributed by atoms with E-state index in [0.29, 0.717) is 12.0 Å². The fraction of sp³-hybridized carbons (Fsp3) is 0.588. The number of rotatable bonds is 3. The van der Waals surface area contributed by atoms with E-state index in [2.05, 4.69) is 0 Å². The second-order valence-electron chi connectivity index (χ2n) is 6.43. The minimum Gasteiger partial charge on any atom is -0.332 e. The van der Waals surface area contributed by atoms with Crippen LogP contribution in [0.2, 0.25) is 0 Å². The summed E-state index contributed by atoms with van der Waals surface area (Å²) >= 11 is 0. The molecule has 1 unspecified atom stereocenters. The Kier molecular flexibility index (Phi) is 4.52. The van der Waals surface area contributed by atoms with Crippen LogP contribution in [0.25, 0.3) is 0 Å². The van der Waals surface area contributed by atoms with Crippen LogP contribution in [0, 0.1) is 0 Å². The summed E-state index contributed by atoms with van der Waals surface area (Å²) in [5, 5.41) is 0. The molecule has 5 heteroatoms. The highest BCUT2D eigenvalue weighted by molar-refractivity contribution is 7.91. The number of hydrogen-bond donors (Lipinski definition) is 0. The van der Waals surface area contributed by atoms with Crippen LogP contribution < -0.4 is 0 Å². The molecule has 120 valence electrons. The van der Waals surface area contributed by atoms with Gasteiger partial charge in [0.2, 0.25) is 0 Å². The number of benzene rings is 1. The van der Waals surface area contributed by atoms with E-state index in [1.807, 2.05) is 35.2 Å². The average Bonchev–Trinajstić information content (AvgIpc) is 2.89. The zero-order valence-electron chi connectivity index (χ0n) is 12.8. The number of carbonyl (C=O) groups excluding carboxylic acids is 1. The summed E-state index contributed by atoms with van der Waals surface area (Å²) < 4.78 is 23.7. The highest BCUT2D eigenvalue weighted by atomic mass is 32.2. The molecule has 1 saturated heterocycles. The molecule has 4 nitrogen and oxygen atoms in total. The molecule has 1 atom stereocenters. The Morgan fingerprint density at radius 1 is 0.955 bits per heavy atom. The van der Waals surface area contributed by atoms with Gasteiger partial charge in [-0.1, -0.05) is 37.5 Å². The van der Waals surface area contributed by atoms with Gasteiger partial charge < -0.3 is 4.90 Å². The third kappa shape index (κ3) is 3.35. The number of hydrogen-bond acceptors (Lipinski definition) is 3. The van der Waals surface area contributed by atoms with Gasteiger partial charge in [-0.05, 0) is 31.4 Å². The lowest BCUT2D eigenvalue weighted by Gasteiger charge is -2.38. The molecule has 1 aliphatic carbocycles. The van der Waals surface area contributed by atoms with Gasteiger partial charge in [0.05, 0.1) is 11.5 Å². The minimum absolute atomic E-state index is 0.00500. The lowest BCUT2D eigenvalue weighted by atomic mass is 9.92. The van der Waals surface area contributed by atoms with Crippen molar-refractivity contribution in [2.24, 2.45) is 0 Å².